The van der Waals surface area contributed by atoms with Gasteiger partial charge in [0, 0.05) is 0 Å². The largest absolute Gasteiger partial charge is 0.491 e. The number of ether oxygens (including phenoxy) is 1. The summed E-state index contributed by atoms with van der Waals surface area (Å²) in [6, 6.07) is 7.64. The van der Waals surface area contributed by atoms with Crippen molar-refractivity contribution in [1.29, 1.82) is 0 Å². The highest BCUT2D eigenvalue weighted by atomic mass is 32.2. The lowest BCUT2D eigenvalue weighted by Crippen LogP contribution is -2.02. The highest BCUT2D eigenvalue weighted by molar-refractivity contribution is 7.99. The quantitative estimate of drug-likeness (QED) is 0.585. The molecule has 0 spiro atoms. The third kappa shape index (κ3) is 5.31. The molecule has 0 aliphatic carbocycles. The van der Waals surface area contributed by atoms with E-state index in [1.165, 1.54) is 5.75 Å². The van der Waals surface area contributed by atoms with Crippen LogP contribution in [0.3, 0.4) is 0 Å². The second-order valence-corrected chi connectivity index (χ2v) is 5.36. The molecule has 0 heterocycles. The summed E-state index contributed by atoms with van der Waals surface area (Å²) in [4.78, 5) is 0. The summed E-state index contributed by atoms with van der Waals surface area (Å²) in [5.74, 6) is 3.96. The predicted octanol–water partition coefficient (Wildman–Crippen LogP) is 3.43. The summed E-state index contributed by atoms with van der Waals surface area (Å²) >= 11 is 1.99. The number of nitrogen functional groups attached to an aromatic ring is 1. The first-order valence-electron chi connectivity index (χ1n) is 5.75. The van der Waals surface area contributed by atoms with Gasteiger partial charge in [0.2, 0.25) is 0 Å². The Bertz CT molecular complexity index is 302. The van der Waals surface area contributed by atoms with Crippen LogP contribution in [0.25, 0.3) is 0 Å². The Kier molecular flexibility index (Phi) is 6.16. The van der Waals surface area contributed by atoms with Gasteiger partial charge in [-0.1, -0.05) is 26.0 Å². The van der Waals surface area contributed by atoms with E-state index in [2.05, 4.69) is 13.8 Å². The van der Waals surface area contributed by atoms with Crippen molar-refractivity contribution in [2.75, 3.05) is 23.8 Å². The minimum atomic E-state index is 0.720. The molecule has 0 radical (unpaired) electrons. The number of rotatable bonds is 7. The van der Waals surface area contributed by atoms with Gasteiger partial charge in [0.15, 0.2) is 0 Å². The van der Waals surface area contributed by atoms with E-state index in [-0.39, 0.29) is 0 Å². The molecule has 0 aromatic heterocycles. The molecule has 1 aromatic carbocycles. The summed E-state index contributed by atoms with van der Waals surface area (Å²) in [5.41, 5.74) is 6.49. The molecule has 1 rings (SSSR count). The molecule has 0 saturated heterocycles. The van der Waals surface area contributed by atoms with Gasteiger partial charge in [-0.3, -0.25) is 0 Å². The SMILES string of the molecule is CC(C)CSCCCOc1ccccc1N. The molecule has 90 valence electrons. The Labute approximate surface area is 103 Å². The first kappa shape index (κ1) is 13.2. The van der Waals surface area contributed by atoms with Gasteiger partial charge in [-0.2, -0.15) is 11.8 Å². The lowest BCUT2D eigenvalue weighted by Gasteiger charge is -2.08. The molecular weight excluding hydrogens is 218 g/mol. The predicted molar refractivity (Wildman–Crippen MR) is 73.1 cm³/mol. The van der Waals surface area contributed by atoms with Crippen LogP contribution < -0.4 is 10.5 Å². The van der Waals surface area contributed by atoms with E-state index in [0.717, 1.165) is 36.1 Å². The number of hydrogen-bond donors (Lipinski definition) is 1. The maximum absolute atomic E-state index is 5.77. The van der Waals surface area contributed by atoms with Gasteiger partial charge in [0.05, 0.1) is 12.3 Å². The van der Waals surface area contributed by atoms with Gasteiger partial charge in [0.1, 0.15) is 5.75 Å². The maximum atomic E-state index is 5.77. The second-order valence-electron chi connectivity index (χ2n) is 4.21. The molecule has 0 atom stereocenters. The van der Waals surface area contributed by atoms with E-state index < -0.39 is 0 Å². The van der Waals surface area contributed by atoms with Crippen molar-refractivity contribution in [1.82, 2.24) is 0 Å². The van der Waals surface area contributed by atoms with Crippen LogP contribution >= 0.6 is 11.8 Å². The average Bonchev–Trinajstić information content (AvgIpc) is 2.25. The van der Waals surface area contributed by atoms with E-state index in [4.69, 9.17) is 10.5 Å². The summed E-state index contributed by atoms with van der Waals surface area (Å²) in [7, 11) is 0. The molecule has 2 nitrogen and oxygen atoms in total. The van der Waals surface area contributed by atoms with E-state index in [1.807, 2.05) is 36.0 Å². The molecule has 0 fully saturated rings. The third-order valence-electron chi connectivity index (χ3n) is 2.06. The Morgan fingerprint density at radius 3 is 2.75 bits per heavy atom. The van der Waals surface area contributed by atoms with Crippen LogP contribution in [-0.2, 0) is 0 Å². The smallest absolute Gasteiger partial charge is 0.142 e. The van der Waals surface area contributed by atoms with Crippen molar-refractivity contribution in [2.45, 2.75) is 20.3 Å². The molecule has 0 unspecified atom stereocenters. The van der Waals surface area contributed by atoms with Crippen molar-refractivity contribution in [3.63, 3.8) is 0 Å². The lowest BCUT2D eigenvalue weighted by molar-refractivity contribution is 0.320. The maximum Gasteiger partial charge on any atom is 0.142 e. The molecule has 1 aromatic rings. The van der Waals surface area contributed by atoms with Gasteiger partial charge in [-0.05, 0) is 36.0 Å². The fourth-order valence-electron chi connectivity index (χ4n) is 1.27. The van der Waals surface area contributed by atoms with Gasteiger partial charge in [0.25, 0.3) is 0 Å². The number of nitrogens with two attached hydrogens (primary N) is 1. The molecule has 0 aliphatic heterocycles. The van der Waals surface area contributed by atoms with Crippen LogP contribution in [0.5, 0.6) is 5.75 Å². The zero-order valence-electron chi connectivity index (χ0n) is 10.1. The first-order valence-corrected chi connectivity index (χ1v) is 6.90. The molecular formula is C13H21NOS. The van der Waals surface area contributed by atoms with Crippen LogP contribution in [0.1, 0.15) is 20.3 Å². The highest BCUT2D eigenvalue weighted by Gasteiger charge is 1.98. The summed E-state index contributed by atoms with van der Waals surface area (Å²) in [5, 5.41) is 0. The molecule has 0 bridgehead atoms. The van der Waals surface area contributed by atoms with Gasteiger partial charge in [-0.15, -0.1) is 0 Å². The van der Waals surface area contributed by atoms with Crippen LogP contribution in [0.2, 0.25) is 0 Å². The Balaban J connectivity index is 2.10. The van der Waals surface area contributed by atoms with Crippen molar-refractivity contribution in [3.8, 4) is 5.75 Å². The van der Waals surface area contributed by atoms with Gasteiger partial charge < -0.3 is 10.5 Å². The standard InChI is InChI=1S/C13H21NOS/c1-11(2)10-16-9-5-8-15-13-7-4-3-6-12(13)14/h3-4,6-7,11H,5,8-10,14H2,1-2H3. The highest BCUT2D eigenvalue weighted by Crippen LogP contribution is 2.20. The summed E-state index contributed by atoms with van der Waals surface area (Å²) < 4.78 is 5.61. The number of para-hydroxylation sites is 2. The zero-order chi connectivity index (χ0) is 11.8. The minimum Gasteiger partial charge on any atom is -0.491 e. The molecule has 0 aliphatic rings. The van der Waals surface area contributed by atoms with Crippen molar-refractivity contribution < 1.29 is 4.74 Å². The number of anilines is 1. The van der Waals surface area contributed by atoms with Crippen LogP contribution in [0, 0.1) is 5.92 Å². The van der Waals surface area contributed by atoms with E-state index in [0.29, 0.717) is 0 Å². The minimum absolute atomic E-state index is 0.720. The van der Waals surface area contributed by atoms with Gasteiger partial charge in [-0.25, -0.2) is 0 Å². The molecule has 2 N–H and O–H groups in total. The lowest BCUT2D eigenvalue weighted by atomic mass is 10.3. The number of benzene rings is 1. The first-order chi connectivity index (χ1) is 7.70. The van der Waals surface area contributed by atoms with E-state index in [1.54, 1.807) is 0 Å². The van der Waals surface area contributed by atoms with E-state index >= 15 is 0 Å². The van der Waals surface area contributed by atoms with Crippen LogP contribution in [0.15, 0.2) is 24.3 Å². The fourth-order valence-corrected chi connectivity index (χ4v) is 2.23. The number of thioether (sulfide) groups is 1. The average molecular weight is 239 g/mol. The normalized spacial score (nSPS) is 10.7. The van der Waals surface area contributed by atoms with Crippen molar-refractivity contribution in [2.24, 2.45) is 5.92 Å². The third-order valence-corrected chi connectivity index (χ3v) is 3.54. The van der Waals surface area contributed by atoms with Gasteiger partial charge >= 0.3 is 0 Å². The monoisotopic (exact) mass is 239 g/mol. The second kappa shape index (κ2) is 7.44. The molecule has 3 heteroatoms. The zero-order valence-corrected chi connectivity index (χ0v) is 10.9. The van der Waals surface area contributed by atoms with Crippen LogP contribution in [0.4, 0.5) is 5.69 Å². The van der Waals surface area contributed by atoms with Crippen molar-refractivity contribution in [3.05, 3.63) is 24.3 Å². The van der Waals surface area contributed by atoms with Crippen LogP contribution in [-0.4, -0.2) is 18.1 Å². The Morgan fingerprint density at radius 1 is 1.31 bits per heavy atom. The Hall–Kier alpha value is -0.830. The topological polar surface area (TPSA) is 35.2 Å². The number of hydrogen-bond acceptors (Lipinski definition) is 3. The Morgan fingerprint density at radius 2 is 2.06 bits per heavy atom. The fraction of sp³-hybridized carbons (Fsp3) is 0.538. The van der Waals surface area contributed by atoms with Crippen molar-refractivity contribution >= 4 is 17.4 Å². The summed E-state index contributed by atoms with van der Waals surface area (Å²) in [6.45, 7) is 5.24. The molecule has 0 saturated carbocycles. The van der Waals surface area contributed by atoms with E-state index in [9.17, 15) is 0 Å². The molecule has 0 amide bonds. The summed E-state index contributed by atoms with van der Waals surface area (Å²) in [6.07, 6.45) is 1.08. The molecule has 16 heavy (non-hydrogen) atoms.